The number of hydrogen-bond donors (Lipinski definition) is 1. The Morgan fingerprint density at radius 1 is 1.14 bits per heavy atom. The maximum Gasteiger partial charge on any atom is 0.263 e. The van der Waals surface area contributed by atoms with Gasteiger partial charge < -0.3 is 4.74 Å². The number of sulfonamides is 1. The fourth-order valence-electron chi connectivity index (χ4n) is 2.23. The molecule has 1 aromatic heterocycles. The minimum atomic E-state index is -3.68. The number of nitrogens with zero attached hydrogens (tertiary/aromatic N) is 1. The molecule has 0 bridgehead atoms. The van der Waals surface area contributed by atoms with Crippen molar-refractivity contribution in [2.45, 2.75) is 25.7 Å². The highest BCUT2D eigenvalue weighted by molar-refractivity contribution is 7.92. The van der Waals surface area contributed by atoms with Gasteiger partial charge in [-0.1, -0.05) is 6.07 Å². The molecule has 5 nitrogen and oxygen atoms in total. The summed E-state index contributed by atoms with van der Waals surface area (Å²) in [5.74, 6) is 1.01. The van der Waals surface area contributed by atoms with Crippen LogP contribution in [0.2, 0.25) is 0 Å². The third-order valence-corrected chi connectivity index (χ3v) is 4.86. The number of ether oxygens (including phenoxy) is 1. The van der Waals surface area contributed by atoms with E-state index in [0.29, 0.717) is 17.1 Å². The van der Waals surface area contributed by atoms with E-state index < -0.39 is 10.0 Å². The van der Waals surface area contributed by atoms with E-state index in [1.165, 1.54) is 6.20 Å². The van der Waals surface area contributed by atoms with E-state index in [-0.39, 0.29) is 4.90 Å². The second-order valence-electron chi connectivity index (χ2n) is 4.80. The topological polar surface area (TPSA) is 68.3 Å². The molecule has 1 heterocycles. The number of pyridine rings is 1. The minimum Gasteiger partial charge on any atom is -0.496 e. The number of hydrogen-bond acceptors (Lipinski definition) is 4. The largest absolute Gasteiger partial charge is 0.496 e. The molecule has 0 aliphatic heterocycles. The molecular formula is C15H18N2O3S. The van der Waals surface area contributed by atoms with Crippen molar-refractivity contribution in [3.63, 3.8) is 0 Å². The Balaban J connectivity index is 2.51. The lowest BCUT2D eigenvalue weighted by Gasteiger charge is -2.16. The molecule has 0 saturated carbocycles. The first kappa shape index (κ1) is 15.3. The van der Waals surface area contributed by atoms with Gasteiger partial charge in [0.1, 0.15) is 11.6 Å². The van der Waals surface area contributed by atoms with Gasteiger partial charge in [0.2, 0.25) is 0 Å². The van der Waals surface area contributed by atoms with Crippen LogP contribution in [0.3, 0.4) is 0 Å². The number of benzene rings is 1. The lowest BCUT2D eigenvalue weighted by atomic mass is 10.1. The van der Waals surface area contributed by atoms with Gasteiger partial charge in [0.05, 0.1) is 12.0 Å². The van der Waals surface area contributed by atoms with Crippen LogP contribution in [0.5, 0.6) is 5.75 Å². The molecule has 0 unspecified atom stereocenters. The molecule has 6 heteroatoms. The van der Waals surface area contributed by atoms with Gasteiger partial charge in [-0.05, 0) is 55.7 Å². The Kier molecular flexibility index (Phi) is 4.18. The van der Waals surface area contributed by atoms with Crippen LogP contribution in [0.25, 0.3) is 0 Å². The molecule has 21 heavy (non-hydrogen) atoms. The first-order valence-electron chi connectivity index (χ1n) is 6.45. The molecule has 112 valence electrons. The van der Waals surface area contributed by atoms with Crippen LogP contribution in [0.1, 0.15) is 16.7 Å². The molecule has 1 N–H and O–H groups in total. The van der Waals surface area contributed by atoms with E-state index in [1.54, 1.807) is 38.3 Å². The highest BCUT2D eigenvalue weighted by atomic mass is 32.2. The van der Waals surface area contributed by atoms with Gasteiger partial charge >= 0.3 is 0 Å². The van der Waals surface area contributed by atoms with Crippen LogP contribution in [0.15, 0.2) is 35.4 Å². The lowest BCUT2D eigenvalue weighted by Crippen LogP contribution is -2.16. The number of anilines is 1. The SMILES string of the molecule is COc1c(C)cc(S(=O)(=O)Nc2ccccn2)c(C)c1C. The average Bonchev–Trinajstić information content (AvgIpc) is 2.44. The summed E-state index contributed by atoms with van der Waals surface area (Å²) in [6.07, 6.45) is 1.54. The zero-order chi connectivity index (χ0) is 15.6. The molecule has 0 radical (unpaired) electrons. The van der Waals surface area contributed by atoms with E-state index >= 15 is 0 Å². The second-order valence-corrected chi connectivity index (χ2v) is 6.45. The Morgan fingerprint density at radius 2 is 1.86 bits per heavy atom. The second kappa shape index (κ2) is 5.73. The van der Waals surface area contributed by atoms with Crippen LogP contribution in [-0.2, 0) is 10.0 Å². The summed E-state index contributed by atoms with van der Waals surface area (Å²) in [6.45, 7) is 5.44. The molecule has 0 spiro atoms. The van der Waals surface area contributed by atoms with Crippen LogP contribution in [0.4, 0.5) is 5.82 Å². The maximum absolute atomic E-state index is 12.5. The summed E-state index contributed by atoms with van der Waals surface area (Å²) in [7, 11) is -2.10. The van der Waals surface area contributed by atoms with E-state index in [2.05, 4.69) is 9.71 Å². The Labute approximate surface area is 125 Å². The van der Waals surface area contributed by atoms with E-state index in [1.807, 2.05) is 13.8 Å². The monoisotopic (exact) mass is 306 g/mol. The lowest BCUT2D eigenvalue weighted by molar-refractivity contribution is 0.407. The van der Waals surface area contributed by atoms with Crippen molar-refractivity contribution >= 4 is 15.8 Å². The summed E-state index contributed by atoms with van der Waals surface area (Å²) in [4.78, 5) is 4.22. The average molecular weight is 306 g/mol. The summed E-state index contributed by atoms with van der Waals surface area (Å²) >= 11 is 0. The summed E-state index contributed by atoms with van der Waals surface area (Å²) in [6, 6.07) is 6.68. The van der Waals surface area contributed by atoms with Gasteiger partial charge in [0.15, 0.2) is 0 Å². The normalized spacial score (nSPS) is 11.2. The van der Waals surface area contributed by atoms with Crippen molar-refractivity contribution in [2.75, 3.05) is 11.8 Å². The number of methoxy groups -OCH3 is 1. The first-order valence-corrected chi connectivity index (χ1v) is 7.93. The molecular weight excluding hydrogens is 288 g/mol. The third-order valence-electron chi connectivity index (χ3n) is 3.38. The Hall–Kier alpha value is -2.08. The molecule has 2 rings (SSSR count). The minimum absolute atomic E-state index is 0.240. The van der Waals surface area contributed by atoms with Gasteiger partial charge in [-0.25, -0.2) is 13.4 Å². The maximum atomic E-state index is 12.5. The molecule has 0 amide bonds. The summed E-state index contributed by atoms with van der Waals surface area (Å²) < 4.78 is 32.9. The van der Waals surface area contributed by atoms with Gasteiger partial charge in [-0.15, -0.1) is 0 Å². The van der Waals surface area contributed by atoms with Gasteiger partial charge in [0, 0.05) is 6.20 Å². The number of aryl methyl sites for hydroxylation is 1. The number of nitrogens with one attached hydrogen (secondary N) is 1. The molecule has 2 aromatic rings. The van der Waals surface area contributed by atoms with Crippen LogP contribution >= 0.6 is 0 Å². The zero-order valence-corrected chi connectivity index (χ0v) is 13.3. The standard InChI is InChI=1S/C15H18N2O3S/c1-10-9-13(11(2)12(3)15(10)20-4)21(18,19)17-14-7-5-6-8-16-14/h5-9H,1-4H3,(H,16,17). The predicted octanol–water partition coefficient (Wildman–Crippen LogP) is 2.82. The highest BCUT2D eigenvalue weighted by Gasteiger charge is 2.21. The zero-order valence-electron chi connectivity index (χ0n) is 12.5. The van der Waals surface area contributed by atoms with Crippen LogP contribution in [-0.4, -0.2) is 20.5 Å². The Morgan fingerprint density at radius 3 is 2.43 bits per heavy atom. The quantitative estimate of drug-likeness (QED) is 0.943. The summed E-state index contributed by atoms with van der Waals surface area (Å²) in [5.41, 5.74) is 2.27. The fraction of sp³-hybridized carbons (Fsp3) is 0.267. The van der Waals surface area contributed by atoms with Crippen LogP contribution in [0, 0.1) is 20.8 Å². The van der Waals surface area contributed by atoms with Crippen molar-refractivity contribution in [1.29, 1.82) is 0 Å². The van der Waals surface area contributed by atoms with Gasteiger partial charge in [-0.2, -0.15) is 0 Å². The van der Waals surface area contributed by atoms with Crippen molar-refractivity contribution in [3.8, 4) is 5.75 Å². The van der Waals surface area contributed by atoms with Crippen LogP contribution < -0.4 is 9.46 Å². The Bertz CT molecular complexity index is 756. The number of aromatic nitrogens is 1. The summed E-state index contributed by atoms with van der Waals surface area (Å²) in [5, 5.41) is 0. The molecule has 0 fully saturated rings. The van der Waals surface area contributed by atoms with Crippen molar-refractivity contribution in [3.05, 3.63) is 47.2 Å². The smallest absolute Gasteiger partial charge is 0.263 e. The van der Waals surface area contributed by atoms with Crippen molar-refractivity contribution < 1.29 is 13.2 Å². The molecule has 0 aliphatic carbocycles. The van der Waals surface area contributed by atoms with E-state index in [0.717, 1.165) is 11.1 Å². The highest BCUT2D eigenvalue weighted by Crippen LogP contribution is 2.31. The van der Waals surface area contributed by atoms with E-state index in [4.69, 9.17) is 4.74 Å². The molecule has 1 aromatic carbocycles. The van der Waals surface area contributed by atoms with Gasteiger partial charge in [-0.3, -0.25) is 4.72 Å². The predicted molar refractivity (Wildman–Crippen MR) is 82.3 cm³/mol. The molecule has 0 atom stereocenters. The van der Waals surface area contributed by atoms with E-state index in [9.17, 15) is 8.42 Å². The molecule has 0 aliphatic rings. The van der Waals surface area contributed by atoms with Gasteiger partial charge in [0.25, 0.3) is 10.0 Å². The molecule has 0 saturated heterocycles. The fourth-order valence-corrected chi connectivity index (χ4v) is 3.62. The third kappa shape index (κ3) is 3.00. The van der Waals surface area contributed by atoms with Crippen molar-refractivity contribution in [1.82, 2.24) is 4.98 Å². The first-order chi connectivity index (χ1) is 9.86. The number of rotatable bonds is 4. The van der Waals surface area contributed by atoms with Crippen molar-refractivity contribution in [2.24, 2.45) is 0 Å².